The Kier molecular flexibility index (Phi) is 6.69. The summed E-state index contributed by atoms with van der Waals surface area (Å²) < 4.78 is 5.13. The van der Waals surface area contributed by atoms with Crippen LogP contribution in [0.2, 0.25) is 0 Å². The van der Waals surface area contributed by atoms with Crippen molar-refractivity contribution in [1.29, 1.82) is 0 Å². The van der Waals surface area contributed by atoms with Crippen molar-refractivity contribution in [3.63, 3.8) is 0 Å². The Morgan fingerprint density at radius 2 is 1.46 bits per heavy atom. The number of carbonyl (C=O) groups excluding carboxylic acids is 2. The van der Waals surface area contributed by atoms with Gasteiger partial charge in [0.05, 0.1) is 13.2 Å². The molecule has 1 fully saturated rings. The molecule has 0 spiro atoms. The van der Waals surface area contributed by atoms with Gasteiger partial charge < -0.3 is 15.4 Å². The van der Waals surface area contributed by atoms with Crippen LogP contribution >= 0.6 is 0 Å². The topological polar surface area (TPSA) is 67.4 Å². The number of amides is 2. The Labute approximate surface area is 166 Å². The molecule has 148 valence electrons. The summed E-state index contributed by atoms with van der Waals surface area (Å²) in [6, 6.07) is 17.3. The molecule has 0 bridgehead atoms. The Bertz CT molecular complexity index is 781. The van der Waals surface area contributed by atoms with Crippen molar-refractivity contribution >= 4 is 17.5 Å². The minimum Gasteiger partial charge on any atom is -0.497 e. The number of hydrogen-bond acceptors (Lipinski definition) is 3. The summed E-state index contributed by atoms with van der Waals surface area (Å²) in [5, 5.41) is 6.07. The van der Waals surface area contributed by atoms with Crippen molar-refractivity contribution in [3.05, 3.63) is 60.2 Å². The van der Waals surface area contributed by atoms with Gasteiger partial charge in [0, 0.05) is 17.5 Å². The van der Waals surface area contributed by atoms with Crippen LogP contribution in [0.25, 0.3) is 0 Å². The smallest absolute Gasteiger partial charge is 0.227 e. The Morgan fingerprint density at radius 1 is 0.893 bits per heavy atom. The van der Waals surface area contributed by atoms with Crippen molar-refractivity contribution < 1.29 is 14.3 Å². The van der Waals surface area contributed by atoms with Gasteiger partial charge >= 0.3 is 0 Å². The number of ether oxygens (including phenoxy) is 1. The zero-order chi connectivity index (χ0) is 19.9. The van der Waals surface area contributed by atoms with Crippen LogP contribution in [0, 0.1) is 11.8 Å². The molecular weight excluding hydrogens is 352 g/mol. The molecule has 2 amide bonds. The maximum Gasteiger partial charge on any atom is 0.227 e. The van der Waals surface area contributed by atoms with Gasteiger partial charge in [0.2, 0.25) is 11.8 Å². The zero-order valence-corrected chi connectivity index (χ0v) is 16.5. The van der Waals surface area contributed by atoms with Gasteiger partial charge in [-0.2, -0.15) is 0 Å². The molecule has 0 saturated heterocycles. The van der Waals surface area contributed by atoms with E-state index in [0.29, 0.717) is 0 Å². The van der Waals surface area contributed by atoms with E-state index < -0.39 is 0 Å². The average Bonchev–Trinajstić information content (AvgIpc) is 2.75. The predicted molar refractivity (Wildman–Crippen MR) is 110 cm³/mol. The molecule has 5 nitrogen and oxygen atoms in total. The molecule has 1 saturated carbocycles. The van der Waals surface area contributed by atoms with Gasteiger partial charge in [-0.1, -0.05) is 30.3 Å². The van der Waals surface area contributed by atoms with Crippen LogP contribution in [0.3, 0.4) is 0 Å². The van der Waals surface area contributed by atoms with Gasteiger partial charge in [-0.25, -0.2) is 0 Å². The van der Waals surface area contributed by atoms with Gasteiger partial charge in [0.25, 0.3) is 0 Å². The second-order valence-electron chi connectivity index (χ2n) is 7.41. The van der Waals surface area contributed by atoms with Crippen LogP contribution in [0.4, 0.5) is 5.69 Å². The number of carbonyl (C=O) groups is 2. The highest BCUT2D eigenvalue weighted by Crippen LogP contribution is 2.30. The van der Waals surface area contributed by atoms with E-state index >= 15 is 0 Å². The maximum atomic E-state index is 12.6. The first-order chi connectivity index (χ1) is 13.6. The standard InChI is InChI=1S/C23H28N2O3/c1-16(17-6-4-3-5-7-17)24-22(26)18-8-10-19(11-9-18)23(27)25-20-12-14-21(28-2)15-13-20/h3-7,12-16,18-19H,8-11H2,1-2H3,(H,24,26)(H,25,27). The van der Waals surface area contributed by atoms with E-state index in [1.807, 2.05) is 61.5 Å². The van der Waals surface area contributed by atoms with E-state index in [1.165, 1.54) is 0 Å². The molecule has 3 rings (SSSR count). The molecule has 0 heterocycles. The molecule has 28 heavy (non-hydrogen) atoms. The van der Waals surface area contributed by atoms with E-state index in [1.54, 1.807) is 7.11 Å². The molecular formula is C23H28N2O3. The molecule has 0 aliphatic heterocycles. The molecule has 1 aliphatic rings. The van der Waals surface area contributed by atoms with E-state index in [2.05, 4.69) is 10.6 Å². The number of methoxy groups -OCH3 is 1. The maximum absolute atomic E-state index is 12.6. The first kappa shape index (κ1) is 19.9. The molecule has 0 aromatic heterocycles. The fourth-order valence-electron chi connectivity index (χ4n) is 3.69. The molecule has 2 aromatic carbocycles. The normalized spacial score (nSPS) is 20.1. The van der Waals surface area contributed by atoms with Crippen LogP contribution in [-0.4, -0.2) is 18.9 Å². The minimum atomic E-state index is -0.0438. The second-order valence-corrected chi connectivity index (χ2v) is 7.41. The molecule has 5 heteroatoms. The first-order valence-electron chi connectivity index (χ1n) is 9.87. The number of hydrogen-bond donors (Lipinski definition) is 2. The van der Waals surface area contributed by atoms with E-state index in [9.17, 15) is 9.59 Å². The summed E-state index contributed by atoms with van der Waals surface area (Å²) >= 11 is 0. The average molecular weight is 380 g/mol. The van der Waals surface area contributed by atoms with Gasteiger partial charge in [0.1, 0.15) is 5.75 Å². The quantitative estimate of drug-likeness (QED) is 0.784. The van der Waals surface area contributed by atoms with Crippen LogP contribution < -0.4 is 15.4 Å². The van der Waals surface area contributed by atoms with Gasteiger partial charge in [-0.15, -0.1) is 0 Å². The molecule has 1 atom stereocenters. The highest BCUT2D eigenvalue weighted by molar-refractivity contribution is 5.92. The summed E-state index contributed by atoms with van der Waals surface area (Å²) in [6.45, 7) is 2.00. The fraction of sp³-hybridized carbons (Fsp3) is 0.391. The monoisotopic (exact) mass is 380 g/mol. The third kappa shape index (κ3) is 5.12. The third-order valence-corrected chi connectivity index (χ3v) is 5.48. The van der Waals surface area contributed by atoms with Crippen molar-refractivity contribution in [3.8, 4) is 5.75 Å². The van der Waals surface area contributed by atoms with E-state index in [-0.39, 0.29) is 29.7 Å². The third-order valence-electron chi connectivity index (χ3n) is 5.48. The van der Waals surface area contributed by atoms with Gasteiger partial charge in [-0.05, 0) is 62.4 Å². The molecule has 2 aromatic rings. The zero-order valence-electron chi connectivity index (χ0n) is 16.5. The fourth-order valence-corrected chi connectivity index (χ4v) is 3.69. The van der Waals surface area contributed by atoms with Crippen molar-refractivity contribution in [2.45, 2.75) is 38.6 Å². The molecule has 1 unspecified atom stereocenters. The summed E-state index contributed by atoms with van der Waals surface area (Å²) in [4.78, 5) is 25.1. The lowest BCUT2D eigenvalue weighted by Gasteiger charge is -2.28. The van der Waals surface area contributed by atoms with Gasteiger partial charge in [-0.3, -0.25) is 9.59 Å². The molecule has 2 N–H and O–H groups in total. The number of rotatable bonds is 6. The first-order valence-corrected chi connectivity index (χ1v) is 9.87. The highest BCUT2D eigenvalue weighted by Gasteiger charge is 2.30. The van der Waals surface area contributed by atoms with Crippen LogP contribution in [0.15, 0.2) is 54.6 Å². The lowest BCUT2D eigenvalue weighted by atomic mass is 9.81. The number of benzene rings is 2. The van der Waals surface area contributed by atoms with E-state index in [0.717, 1.165) is 42.7 Å². The lowest BCUT2D eigenvalue weighted by molar-refractivity contribution is -0.129. The van der Waals surface area contributed by atoms with E-state index in [4.69, 9.17) is 4.74 Å². The van der Waals surface area contributed by atoms with Gasteiger partial charge in [0.15, 0.2) is 0 Å². The van der Waals surface area contributed by atoms with Crippen molar-refractivity contribution in [1.82, 2.24) is 5.32 Å². The summed E-state index contributed by atoms with van der Waals surface area (Å²) in [6.07, 6.45) is 2.96. The molecule has 0 radical (unpaired) electrons. The summed E-state index contributed by atoms with van der Waals surface area (Å²) in [5.74, 6) is 0.815. The van der Waals surface area contributed by atoms with Crippen LogP contribution in [-0.2, 0) is 9.59 Å². The highest BCUT2D eigenvalue weighted by atomic mass is 16.5. The number of anilines is 1. The molecule has 1 aliphatic carbocycles. The van der Waals surface area contributed by atoms with Crippen molar-refractivity contribution in [2.24, 2.45) is 11.8 Å². The Morgan fingerprint density at radius 3 is 2.04 bits per heavy atom. The SMILES string of the molecule is COc1ccc(NC(=O)C2CCC(C(=O)NC(C)c3ccccc3)CC2)cc1. The Hall–Kier alpha value is -2.82. The van der Waals surface area contributed by atoms with Crippen LogP contribution in [0.1, 0.15) is 44.2 Å². The summed E-state index contributed by atoms with van der Waals surface area (Å²) in [7, 11) is 1.61. The second kappa shape index (κ2) is 9.40. The van der Waals surface area contributed by atoms with Crippen molar-refractivity contribution in [2.75, 3.05) is 12.4 Å². The lowest BCUT2D eigenvalue weighted by Crippen LogP contribution is -2.36. The largest absolute Gasteiger partial charge is 0.497 e. The summed E-state index contributed by atoms with van der Waals surface area (Å²) in [5.41, 5.74) is 1.87. The van der Waals surface area contributed by atoms with Crippen LogP contribution in [0.5, 0.6) is 5.75 Å². The predicted octanol–water partition coefficient (Wildman–Crippen LogP) is 4.32. The number of nitrogens with one attached hydrogen (secondary N) is 2. The minimum absolute atomic E-state index is 0.00945. The Balaban J connectivity index is 1.46.